The van der Waals surface area contributed by atoms with Crippen LogP contribution < -0.4 is 0 Å². The molecule has 0 spiro atoms. The Hall–Kier alpha value is -0.370. The quantitative estimate of drug-likeness (QED) is 0.620. The monoisotopic (exact) mass is 158 g/mol. The zero-order valence-corrected chi connectivity index (χ0v) is 7.04. The van der Waals surface area contributed by atoms with Crippen molar-refractivity contribution in [3.8, 4) is 0 Å². The molecule has 10 heavy (non-hydrogen) atoms. The van der Waals surface area contributed by atoms with E-state index in [4.69, 9.17) is 0 Å². The molecule has 1 aromatic rings. The minimum absolute atomic E-state index is 0.0735. The summed E-state index contributed by atoms with van der Waals surface area (Å²) in [6.45, 7) is 4.27. The van der Waals surface area contributed by atoms with Crippen LogP contribution in [0.5, 0.6) is 0 Å². The zero-order valence-electron chi connectivity index (χ0n) is 6.23. The van der Waals surface area contributed by atoms with Gasteiger partial charge in [0.1, 0.15) is 0 Å². The first-order valence-electron chi connectivity index (χ1n) is 3.42. The molecule has 0 radical (unpaired) electrons. The highest BCUT2D eigenvalue weighted by molar-refractivity contribution is 7.10. The summed E-state index contributed by atoms with van der Waals surface area (Å²) in [5, 5.41) is -0.0735. The van der Waals surface area contributed by atoms with Crippen molar-refractivity contribution in [2.24, 2.45) is 5.92 Å². The van der Waals surface area contributed by atoms with Crippen molar-refractivity contribution >= 4 is 11.3 Å². The van der Waals surface area contributed by atoms with Crippen LogP contribution >= 0.6 is 11.3 Å². The van der Waals surface area contributed by atoms with Gasteiger partial charge in [0.25, 0.3) is 0 Å². The van der Waals surface area contributed by atoms with E-state index >= 15 is 0 Å². The first kappa shape index (κ1) is 7.73. The summed E-state index contributed by atoms with van der Waals surface area (Å²) in [6.07, 6.45) is 0.995. The third-order valence-corrected chi connectivity index (χ3v) is 2.13. The minimum atomic E-state index is -0.0735. The Kier molecular flexibility index (Phi) is 2.44. The maximum Gasteiger partial charge on any atom is 0.176 e. The standard InChI is InChI=1S/C8H11FS/c1-6(2)5-7-3-4-8(9)10-7/h3-4,6H,5H2,1-2H3. The lowest BCUT2D eigenvalue weighted by atomic mass is 10.1. The fourth-order valence-electron chi connectivity index (χ4n) is 0.864. The van der Waals surface area contributed by atoms with Crippen LogP contribution in [-0.4, -0.2) is 0 Å². The summed E-state index contributed by atoms with van der Waals surface area (Å²) in [4.78, 5) is 1.15. The third kappa shape index (κ3) is 2.10. The number of hydrogen-bond donors (Lipinski definition) is 0. The van der Waals surface area contributed by atoms with Gasteiger partial charge >= 0.3 is 0 Å². The molecule has 0 nitrogen and oxygen atoms in total. The summed E-state index contributed by atoms with van der Waals surface area (Å²) in [6, 6.07) is 3.39. The molecule has 0 amide bonds. The van der Waals surface area contributed by atoms with Gasteiger partial charge in [-0.3, -0.25) is 0 Å². The number of halogens is 1. The van der Waals surface area contributed by atoms with Crippen molar-refractivity contribution in [1.82, 2.24) is 0 Å². The Morgan fingerprint density at radius 2 is 2.20 bits per heavy atom. The third-order valence-electron chi connectivity index (χ3n) is 1.24. The second kappa shape index (κ2) is 3.15. The van der Waals surface area contributed by atoms with Gasteiger partial charge in [0.2, 0.25) is 0 Å². The number of thiophene rings is 1. The van der Waals surface area contributed by atoms with Gasteiger partial charge in [-0.15, -0.1) is 11.3 Å². The summed E-state index contributed by atoms with van der Waals surface area (Å²) < 4.78 is 12.4. The van der Waals surface area contributed by atoms with E-state index in [1.165, 1.54) is 17.4 Å². The molecule has 56 valence electrons. The molecule has 0 aliphatic rings. The van der Waals surface area contributed by atoms with E-state index in [0.717, 1.165) is 11.3 Å². The molecule has 0 unspecified atom stereocenters. The lowest BCUT2D eigenvalue weighted by Gasteiger charge is -1.98. The van der Waals surface area contributed by atoms with Crippen LogP contribution in [0.4, 0.5) is 4.39 Å². The molecule has 1 rings (SSSR count). The fraction of sp³-hybridized carbons (Fsp3) is 0.500. The smallest absolute Gasteiger partial charge is 0.176 e. The van der Waals surface area contributed by atoms with Crippen LogP contribution in [0.25, 0.3) is 0 Å². The number of hydrogen-bond acceptors (Lipinski definition) is 1. The highest BCUT2D eigenvalue weighted by atomic mass is 32.1. The molecule has 0 saturated carbocycles. The summed E-state index contributed by atoms with van der Waals surface area (Å²) in [5.41, 5.74) is 0. The van der Waals surface area contributed by atoms with E-state index in [1.807, 2.05) is 6.07 Å². The SMILES string of the molecule is CC(C)Cc1ccc(F)s1. The topological polar surface area (TPSA) is 0 Å². The second-order valence-corrected chi connectivity index (χ2v) is 3.92. The van der Waals surface area contributed by atoms with E-state index < -0.39 is 0 Å². The molecule has 1 heterocycles. The van der Waals surface area contributed by atoms with Crippen LogP contribution in [0.1, 0.15) is 18.7 Å². The van der Waals surface area contributed by atoms with Gasteiger partial charge in [0.05, 0.1) is 0 Å². The van der Waals surface area contributed by atoms with Gasteiger partial charge < -0.3 is 0 Å². The summed E-state index contributed by atoms with van der Waals surface area (Å²) >= 11 is 1.25. The van der Waals surface area contributed by atoms with Crippen LogP contribution in [-0.2, 0) is 6.42 Å². The molecule has 0 saturated heterocycles. The lowest BCUT2D eigenvalue weighted by Crippen LogP contribution is -1.89. The molecular formula is C8H11FS. The minimum Gasteiger partial charge on any atom is -0.195 e. The zero-order chi connectivity index (χ0) is 7.56. The molecule has 1 aromatic heterocycles. The highest BCUT2D eigenvalue weighted by Crippen LogP contribution is 2.17. The average Bonchev–Trinajstić information content (AvgIpc) is 2.13. The van der Waals surface area contributed by atoms with Crippen LogP contribution in [0, 0.1) is 11.0 Å². The molecule has 0 atom stereocenters. The van der Waals surface area contributed by atoms with Gasteiger partial charge in [-0.2, -0.15) is 4.39 Å². The van der Waals surface area contributed by atoms with Crippen molar-refractivity contribution in [2.45, 2.75) is 20.3 Å². The van der Waals surface area contributed by atoms with Gasteiger partial charge in [-0.1, -0.05) is 13.8 Å². The number of rotatable bonds is 2. The maximum absolute atomic E-state index is 12.4. The van der Waals surface area contributed by atoms with Gasteiger partial charge in [0.15, 0.2) is 5.13 Å². The molecule has 0 aliphatic carbocycles. The van der Waals surface area contributed by atoms with Gasteiger partial charge in [0, 0.05) is 4.88 Å². The van der Waals surface area contributed by atoms with Crippen molar-refractivity contribution in [1.29, 1.82) is 0 Å². The Morgan fingerprint density at radius 3 is 2.60 bits per heavy atom. The first-order valence-corrected chi connectivity index (χ1v) is 4.24. The van der Waals surface area contributed by atoms with Crippen molar-refractivity contribution in [3.05, 3.63) is 22.1 Å². The van der Waals surface area contributed by atoms with Crippen molar-refractivity contribution < 1.29 is 4.39 Å². The van der Waals surface area contributed by atoms with Crippen LogP contribution in [0.2, 0.25) is 0 Å². The van der Waals surface area contributed by atoms with Crippen LogP contribution in [0.3, 0.4) is 0 Å². The van der Waals surface area contributed by atoms with E-state index in [-0.39, 0.29) is 5.13 Å². The van der Waals surface area contributed by atoms with Crippen molar-refractivity contribution in [3.63, 3.8) is 0 Å². The van der Waals surface area contributed by atoms with Gasteiger partial charge in [-0.05, 0) is 24.5 Å². The Morgan fingerprint density at radius 1 is 1.50 bits per heavy atom. The summed E-state index contributed by atoms with van der Waals surface area (Å²) in [5.74, 6) is 0.623. The Balaban J connectivity index is 2.58. The molecule has 0 fully saturated rings. The summed E-state index contributed by atoms with van der Waals surface area (Å²) in [7, 11) is 0. The molecular weight excluding hydrogens is 147 g/mol. The van der Waals surface area contributed by atoms with E-state index in [0.29, 0.717) is 5.92 Å². The maximum atomic E-state index is 12.4. The Bertz CT molecular complexity index is 203. The molecule has 0 aliphatic heterocycles. The van der Waals surface area contributed by atoms with Gasteiger partial charge in [-0.25, -0.2) is 0 Å². The predicted octanol–water partition coefficient (Wildman–Crippen LogP) is 3.09. The van der Waals surface area contributed by atoms with E-state index in [9.17, 15) is 4.39 Å². The van der Waals surface area contributed by atoms with E-state index in [2.05, 4.69) is 13.8 Å². The molecule has 2 heteroatoms. The highest BCUT2D eigenvalue weighted by Gasteiger charge is 2.00. The molecule has 0 bridgehead atoms. The Labute approximate surface area is 64.7 Å². The largest absolute Gasteiger partial charge is 0.195 e. The molecule has 0 aromatic carbocycles. The van der Waals surface area contributed by atoms with Crippen molar-refractivity contribution in [2.75, 3.05) is 0 Å². The fourth-order valence-corrected chi connectivity index (χ4v) is 1.80. The lowest BCUT2D eigenvalue weighted by molar-refractivity contribution is 0.653. The normalized spacial score (nSPS) is 10.8. The molecule has 0 N–H and O–H groups in total. The predicted molar refractivity (Wildman–Crippen MR) is 42.8 cm³/mol. The first-order chi connectivity index (χ1) is 4.68. The van der Waals surface area contributed by atoms with E-state index in [1.54, 1.807) is 0 Å². The second-order valence-electron chi connectivity index (χ2n) is 2.80. The van der Waals surface area contributed by atoms with Crippen LogP contribution in [0.15, 0.2) is 12.1 Å². The average molecular weight is 158 g/mol.